The molecule has 1 nitrogen and oxygen atoms in total. The van der Waals surface area contributed by atoms with E-state index >= 15 is 0 Å². The Morgan fingerprint density at radius 1 is 1.25 bits per heavy atom. The van der Waals surface area contributed by atoms with Gasteiger partial charge in [-0.3, -0.25) is 0 Å². The summed E-state index contributed by atoms with van der Waals surface area (Å²) in [5, 5.41) is 3.57. The summed E-state index contributed by atoms with van der Waals surface area (Å²) >= 11 is 0. The van der Waals surface area contributed by atoms with Gasteiger partial charge in [0, 0.05) is 6.54 Å². The summed E-state index contributed by atoms with van der Waals surface area (Å²) in [4.78, 5) is 0. The summed E-state index contributed by atoms with van der Waals surface area (Å²) in [6, 6.07) is 10.8. The van der Waals surface area contributed by atoms with Crippen molar-refractivity contribution >= 4 is 0 Å². The van der Waals surface area contributed by atoms with Crippen molar-refractivity contribution in [3.8, 4) is 0 Å². The third-order valence-electron chi connectivity index (χ3n) is 3.48. The van der Waals surface area contributed by atoms with Crippen LogP contribution in [-0.4, -0.2) is 13.1 Å². The Kier molecular flexibility index (Phi) is 4.41. The zero-order valence-corrected chi connectivity index (χ0v) is 10.3. The molecule has 2 rings (SSSR count). The Labute approximate surface area is 99.3 Å². The van der Waals surface area contributed by atoms with Crippen LogP contribution in [0.1, 0.15) is 44.1 Å². The predicted molar refractivity (Wildman–Crippen MR) is 69.7 cm³/mol. The fourth-order valence-corrected chi connectivity index (χ4v) is 2.14. The molecule has 0 bridgehead atoms. The molecule has 1 heteroatoms. The van der Waals surface area contributed by atoms with Gasteiger partial charge in [0.05, 0.1) is 0 Å². The van der Waals surface area contributed by atoms with Crippen molar-refractivity contribution in [1.82, 2.24) is 5.32 Å². The lowest BCUT2D eigenvalue weighted by Crippen LogP contribution is -2.21. The van der Waals surface area contributed by atoms with Crippen molar-refractivity contribution in [3.63, 3.8) is 0 Å². The molecule has 1 saturated carbocycles. The van der Waals surface area contributed by atoms with E-state index in [1.807, 2.05) is 0 Å². The first kappa shape index (κ1) is 11.7. The molecule has 0 radical (unpaired) electrons. The smallest absolute Gasteiger partial charge is 0.00174 e. The maximum atomic E-state index is 3.57. The Balaban J connectivity index is 1.58. The van der Waals surface area contributed by atoms with E-state index in [1.165, 1.54) is 37.8 Å². The van der Waals surface area contributed by atoms with Crippen LogP contribution in [0.25, 0.3) is 0 Å². The van der Waals surface area contributed by atoms with Crippen LogP contribution >= 0.6 is 0 Å². The standard InChI is InChI=1S/C15H23N/c1-13(15-7-3-2-4-8-15)12-16-11-5-6-14-9-10-14/h2-4,7-8,13-14,16H,5-6,9-12H2,1H3. The normalized spacial score (nSPS) is 17.3. The molecule has 0 heterocycles. The van der Waals surface area contributed by atoms with E-state index in [0.717, 1.165) is 12.5 Å². The molecule has 0 saturated heterocycles. The lowest BCUT2D eigenvalue weighted by molar-refractivity contribution is 0.565. The number of benzene rings is 1. The molecule has 0 spiro atoms. The highest BCUT2D eigenvalue weighted by Crippen LogP contribution is 2.33. The van der Waals surface area contributed by atoms with Crippen LogP contribution in [0.15, 0.2) is 30.3 Å². The van der Waals surface area contributed by atoms with E-state index in [4.69, 9.17) is 0 Å². The minimum atomic E-state index is 0.627. The van der Waals surface area contributed by atoms with E-state index in [-0.39, 0.29) is 0 Å². The van der Waals surface area contributed by atoms with E-state index in [0.29, 0.717) is 5.92 Å². The molecule has 1 aliphatic carbocycles. The number of nitrogens with one attached hydrogen (secondary N) is 1. The van der Waals surface area contributed by atoms with E-state index in [9.17, 15) is 0 Å². The van der Waals surface area contributed by atoms with Gasteiger partial charge in [0.25, 0.3) is 0 Å². The van der Waals surface area contributed by atoms with Gasteiger partial charge >= 0.3 is 0 Å². The van der Waals surface area contributed by atoms with Gasteiger partial charge in [-0.05, 0) is 36.8 Å². The fourth-order valence-electron chi connectivity index (χ4n) is 2.14. The quantitative estimate of drug-likeness (QED) is 0.688. The zero-order valence-electron chi connectivity index (χ0n) is 10.3. The van der Waals surface area contributed by atoms with Gasteiger partial charge in [-0.1, -0.05) is 50.1 Å². The molecule has 0 aliphatic heterocycles. The van der Waals surface area contributed by atoms with Crippen molar-refractivity contribution in [2.24, 2.45) is 5.92 Å². The topological polar surface area (TPSA) is 12.0 Å². The molecule has 1 aromatic rings. The van der Waals surface area contributed by atoms with Crippen LogP contribution in [0.4, 0.5) is 0 Å². The summed E-state index contributed by atoms with van der Waals surface area (Å²) in [5.74, 6) is 1.70. The minimum absolute atomic E-state index is 0.627. The highest BCUT2D eigenvalue weighted by Gasteiger charge is 2.19. The first-order valence-corrected chi connectivity index (χ1v) is 6.62. The maximum absolute atomic E-state index is 3.57. The van der Waals surface area contributed by atoms with Crippen molar-refractivity contribution in [1.29, 1.82) is 0 Å². The molecule has 1 N–H and O–H groups in total. The second-order valence-corrected chi connectivity index (χ2v) is 5.10. The van der Waals surface area contributed by atoms with Crippen LogP contribution < -0.4 is 5.32 Å². The van der Waals surface area contributed by atoms with Crippen molar-refractivity contribution < 1.29 is 0 Å². The minimum Gasteiger partial charge on any atom is -0.316 e. The first-order chi connectivity index (χ1) is 7.86. The van der Waals surface area contributed by atoms with Crippen LogP contribution in [0.2, 0.25) is 0 Å². The summed E-state index contributed by atoms with van der Waals surface area (Å²) in [5.41, 5.74) is 1.44. The van der Waals surface area contributed by atoms with E-state index in [1.54, 1.807) is 0 Å². The number of hydrogen-bond acceptors (Lipinski definition) is 1. The van der Waals surface area contributed by atoms with Gasteiger partial charge in [-0.25, -0.2) is 0 Å². The maximum Gasteiger partial charge on any atom is 0.00174 e. The van der Waals surface area contributed by atoms with Gasteiger partial charge < -0.3 is 5.32 Å². The zero-order chi connectivity index (χ0) is 11.2. The number of hydrogen-bond donors (Lipinski definition) is 1. The van der Waals surface area contributed by atoms with Gasteiger partial charge in [0.1, 0.15) is 0 Å². The molecule has 88 valence electrons. The van der Waals surface area contributed by atoms with Gasteiger partial charge in [-0.2, -0.15) is 0 Å². The van der Waals surface area contributed by atoms with E-state index in [2.05, 4.69) is 42.6 Å². The van der Waals surface area contributed by atoms with Gasteiger partial charge in [0.15, 0.2) is 0 Å². The highest BCUT2D eigenvalue weighted by atomic mass is 14.8. The fraction of sp³-hybridized carbons (Fsp3) is 0.600. The van der Waals surface area contributed by atoms with Crippen LogP contribution in [-0.2, 0) is 0 Å². The molecule has 1 unspecified atom stereocenters. The summed E-state index contributed by atoms with van der Waals surface area (Å²) in [7, 11) is 0. The lowest BCUT2D eigenvalue weighted by Gasteiger charge is -2.12. The van der Waals surface area contributed by atoms with Gasteiger partial charge in [0.2, 0.25) is 0 Å². The molecule has 0 aromatic heterocycles. The van der Waals surface area contributed by atoms with Gasteiger partial charge in [-0.15, -0.1) is 0 Å². The van der Waals surface area contributed by atoms with Crippen molar-refractivity contribution in [2.75, 3.05) is 13.1 Å². The average molecular weight is 217 g/mol. The molecule has 1 atom stereocenters. The second-order valence-electron chi connectivity index (χ2n) is 5.10. The Bertz CT molecular complexity index is 290. The summed E-state index contributed by atoms with van der Waals surface area (Å²) in [6.07, 6.45) is 5.76. The predicted octanol–water partition coefficient (Wildman–Crippen LogP) is 3.57. The summed E-state index contributed by atoms with van der Waals surface area (Å²) < 4.78 is 0. The molecule has 0 amide bonds. The van der Waals surface area contributed by atoms with Crippen LogP contribution in [0.5, 0.6) is 0 Å². The largest absolute Gasteiger partial charge is 0.316 e. The SMILES string of the molecule is CC(CNCCCC1CC1)c1ccccc1. The van der Waals surface area contributed by atoms with Crippen molar-refractivity contribution in [2.45, 2.75) is 38.5 Å². The summed E-state index contributed by atoms with van der Waals surface area (Å²) in [6.45, 7) is 4.59. The van der Waals surface area contributed by atoms with Crippen molar-refractivity contribution in [3.05, 3.63) is 35.9 Å². The van der Waals surface area contributed by atoms with E-state index < -0.39 is 0 Å². The monoisotopic (exact) mass is 217 g/mol. The highest BCUT2D eigenvalue weighted by molar-refractivity contribution is 5.18. The number of rotatable bonds is 7. The third-order valence-corrected chi connectivity index (χ3v) is 3.48. The average Bonchev–Trinajstić information content (AvgIpc) is 3.13. The Morgan fingerprint density at radius 3 is 2.69 bits per heavy atom. The van der Waals surface area contributed by atoms with Crippen LogP contribution in [0.3, 0.4) is 0 Å². The van der Waals surface area contributed by atoms with Crippen LogP contribution in [0, 0.1) is 5.92 Å². The molecule has 16 heavy (non-hydrogen) atoms. The lowest BCUT2D eigenvalue weighted by atomic mass is 10.0. The molecule has 1 aromatic carbocycles. The molecular weight excluding hydrogens is 194 g/mol. The molecular formula is C15H23N. The Hall–Kier alpha value is -0.820. The Morgan fingerprint density at radius 2 is 2.00 bits per heavy atom. The second kappa shape index (κ2) is 6.05. The first-order valence-electron chi connectivity index (χ1n) is 6.62. The third kappa shape index (κ3) is 3.97. The molecule has 1 fully saturated rings. The molecule has 1 aliphatic rings.